The van der Waals surface area contributed by atoms with E-state index in [-0.39, 0.29) is 11.3 Å². The van der Waals surface area contributed by atoms with Gasteiger partial charge in [0.1, 0.15) is 5.56 Å². The van der Waals surface area contributed by atoms with Gasteiger partial charge < -0.3 is 5.32 Å². The monoisotopic (exact) mass is 328 g/mol. The molecule has 0 saturated carbocycles. The van der Waals surface area contributed by atoms with Crippen LogP contribution in [0.4, 0.5) is 11.4 Å². The van der Waals surface area contributed by atoms with Gasteiger partial charge in [0.05, 0.1) is 4.92 Å². The number of hydrogen-bond acceptors (Lipinski definition) is 4. The number of fused-ring (bicyclic) bond motifs is 1. The molecule has 0 saturated heterocycles. The molecule has 0 radical (unpaired) electrons. The second-order valence-corrected chi connectivity index (χ2v) is 6.31. The molecule has 0 aromatic heterocycles. The Kier molecular flexibility index (Phi) is 4.34. The third-order valence-electron chi connectivity index (χ3n) is 4.00. The Labute approximate surface area is 138 Å². The number of hydrogen-bond donors (Lipinski definition) is 1. The van der Waals surface area contributed by atoms with Gasteiger partial charge in [0.15, 0.2) is 0 Å². The number of anilines is 1. The molecule has 0 aliphatic heterocycles. The number of carbonyl (C=O) groups excluding carboxylic acids is 1. The molecule has 2 aromatic carbocycles. The molecule has 5 nitrogen and oxygen atoms in total. The van der Waals surface area contributed by atoms with Gasteiger partial charge in [-0.15, -0.1) is 11.8 Å². The van der Waals surface area contributed by atoms with Crippen molar-refractivity contribution in [2.24, 2.45) is 0 Å². The molecule has 1 N–H and O–H groups in total. The maximum Gasteiger partial charge on any atom is 0.282 e. The number of amides is 1. The van der Waals surface area contributed by atoms with E-state index in [1.54, 1.807) is 12.1 Å². The summed E-state index contributed by atoms with van der Waals surface area (Å²) in [6.45, 7) is 0. The normalized spacial score (nSPS) is 12.7. The van der Waals surface area contributed by atoms with E-state index in [0.717, 1.165) is 24.2 Å². The molecule has 1 aliphatic carbocycles. The van der Waals surface area contributed by atoms with E-state index in [4.69, 9.17) is 0 Å². The first-order chi connectivity index (χ1) is 11.1. The van der Waals surface area contributed by atoms with Crippen molar-refractivity contribution in [2.45, 2.75) is 24.2 Å². The second-order valence-electron chi connectivity index (χ2n) is 5.43. The summed E-state index contributed by atoms with van der Waals surface area (Å²) in [6, 6.07) is 10.4. The highest BCUT2D eigenvalue weighted by Crippen LogP contribution is 2.28. The lowest BCUT2D eigenvalue weighted by molar-refractivity contribution is -0.385. The van der Waals surface area contributed by atoms with Gasteiger partial charge in [-0.3, -0.25) is 14.9 Å². The Morgan fingerprint density at radius 3 is 2.70 bits per heavy atom. The number of nitrogens with one attached hydrogen (secondary N) is 1. The molecule has 0 atom stereocenters. The number of rotatable bonds is 4. The SMILES string of the molecule is CSc1ccc([N+](=O)[O-])c(C(=O)Nc2ccc3c(c2)CCC3)c1. The van der Waals surface area contributed by atoms with E-state index < -0.39 is 10.8 Å². The van der Waals surface area contributed by atoms with Crippen molar-refractivity contribution >= 4 is 29.0 Å². The zero-order valence-electron chi connectivity index (χ0n) is 12.7. The van der Waals surface area contributed by atoms with Gasteiger partial charge in [0, 0.05) is 16.6 Å². The predicted molar refractivity (Wildman–Crippen MR) is 91.3 cm³/mol. The van der Waals surface area contributed by atoms with E-state index >= 15 is 0 Å². The minimum Gasteiger partial charge on any atom is -0.322 e. The minimum absolute atomic E-state index is 0.0855. The lowest BCUT2D eigenvalue weighted by atomic mass is 10.1. The Balaban J connectivity index is 1.89. The summed E-state index contributed by atoms with van der Waals surface area (Å²) in [5, 5.41) is 13.9. The van der Waals surface area contributed by atoms with E-state index in [1.807, 2.05) is 24.5 Å². The highest BCUT2D eigenvalue weighted by atomic mass is 32.2. The van der Waals surface area contributed by atoms with Crippen LogP contribution in [-0.2, 0) is 12.8 Å². The topological polar surface area (TPSA) is 72.2 Å². The van der Waals surface area contributed by atoms with E-state index in [9.17, 15) is 14.9 Å². The average Bonchev–Trinajstić information content (AvgIpc) is 3.01. The van der Waals surface area contributed by atoms with Crippen molar-refractivity contribution in [1.29, 1.82) is 0 Å². The quantitative estimate of drug-likeness (QED) is 0.522. The van der Waals surface area contributed by atoms with Gasteiger partial charge in [-0.2, -0.15) is 0 Å². The number of nitro benzene ring substituents is 1. The van der Waals surface area contributed by atoms with Gasteiger partial charge in [-0.25, -0.2) is 0 Å². The molecule has 6 heteroatoms. The maximum atomic E-state index is 12.5. The number of thioether (sulfide) groups is 1. The van der Waals surface area contributed by atoms with Crippen LogP contribution in [0.25, 0.3) is 0 Å². The fourth-order valence-electron chi connectivity index (χ4n) is 2.83. The molecule has 0 bridgehead atoms. The Morgan fingerprint density at radius 1 is 1.17 bits per heavy atom. The van der Waals surface area contributed by atoms with Crippen LogP contribution in [0, 0.1) is 10.1 Å². The third kappa shape index (κ3) is 3.22. The van der Waals surface area contributed by atoms with Gasteiger partial charge >= 0.3 is 0 Å². The first-order valence-corrected chi connectivity index (χ1v) is 8.56. The smallest absolute Gasteiger partial charge is 0.282 e. The van der Waals surface area contributed by atoms with Gasteiger partial charge in [0.25, 0.3) is 11.6 Å². The van der Waals surface area contributed by atoms with Crippen molar-refractivity contribution < 1.29 is 9.72 Å². The molecule has 0 unspecified atom stereocenters. The minimum atomic E-state index is -0.526. The predicted octanol–water partition coefficient (Wildman–Crippen LogP) is 4.06. The van der Waals surface area contributed by atoms with Crippen molar-refractivity contribution in [1.82, 2.24) is 0 Å². The molecular formula is C17H16N2O3S. The molecule has 3 rings (SSSR count). The maximum absolute atomic E-state index is 12.5. The summed E-state index contributed by atoms with van der Waals surface area (Å²) in [5.41, 5.74) is 3.15. The van der Waals surface area contributed by atoms with Gasteiger partial charge in [0.2, 0.25) is 0 Å². The largest absolute Gasteiger partial charge is 0.322 e. The number of benzene rings is 2. The van der Waals surface area contributed by atoms with E-state index in [0.29, 0.717) is 5.69 Å². The standard InChI is InChI=1S/C17H16N2O3S/c1-23-14-7-8-16(19(21)22)15(10-14)17(20)18-13-6-5-11-3-2-4-12(11)9-13/h5-10H,2-4H2,1H3,(H,18,20). The summed E-state index contributed by atoms with van der Waals surface area (Å²) < 4.78 is 0. The van der Waals surface area contributed by atoms with Crippen molar-refractivity contribution in [3.05, 3.63) is 63.2 Å². The molecule has 0 heterocycles. The fourth-order valence-corrected chi connectivity index (χ4v) is 3.27. The van der Waals surface area contributed by atoms with Crippen LogP contribution in [-0.4, -0.2) is 17.1 Å². The summed E-state index contributed by atoms with van der Waals surface area (Å²) in [7, 11) is 0. The molecule has 1 amide bonds. The molecule has 2 aromatic rings. The van der Waals surface area contributed by atoms with Crippen LogP contribution in [0.3, 0.4) is 0 Å². The highest BCUT2D eigenvalue weighted by molar-refractivity contribution is 7.98. The van der Waals surface area contributed by atoms with Crippen LogP contribution >= 0.6 is 11.8 Å². The van der Waals surface area contributed by atoms with E-state index in [2.05, 4.69) is 5.32 Å². The second kappa shape index (κ2) is 6.42. The average molecular weight is 328 g/mol. The lowest BCUT2D eigenvalue weighted by Crippen LogP contribution is -2.14. The van der Waals surface area contributed by atoms with Crippen LogP contribution in [0.5, 0.6) is 0 Å². The highest BCUT2D eigenvalue weighted by Gasteiger charge is 2.21. The summed E-state index contributed by atoms with van der Waals surface area (Å²) in [6.07, 6.45) is 5.09. The molecule has 23 heavy (non-hydrogen) atoms. The van der Waals surface area contributed by atoms with E-state index in [1.165, 1.54) is 29.0 Å². The lowest BCUT2D eigenvalue weighted by Gasteiger charge is -2.09. The van der Waals surface area contributed by atoms with Gasteiger partial charge in [-0.1, -0.05) is 6.07 Å². The fraction of sp³-hybridized carbons (Fsp3) is 0.235. The van der Waals surface area contributed by atoms with Crippen LogP contribution in [0.1, 0.15) is 27.9 Å². The summed E-state index contributed by atoms with van der Waals surface area (Å²) in [4.78, 5) is 23.9. The molecule has 118 valence electrons. The summed E-state index contributed by atoms with van der Waals surface area (Å²) >= 11 is 1.44. The van der Waals surface area contributed by atoms with Crippen molar-refractivity contribution in [3.63, 3.8) is 0 Å². The molecular weight excluding hydrogens is 312 g/mol. The molecule has 1 aliphatic rings. The first-order valence-electron chi connectivity index (χ1n) is 7.34. The van der Waals surface area contributed by atoms with Crippen molar-refractivity contribution in [3.8, 4) is 0 Å². The zero-order chi connectivity index (χ0) is 16.4. The Bertz CT molecular complexity index is 789. The summed E-state index contributed by atoms with van der Waals surface area (Å²) in [5.74, 6) is -0.453. The number of nitrogens with zero attached hydrogens (tertiary/aromatic N) is 1. The first kappa shape index (κ1) is 15.6. The van der Waals surface area contributed by atoms with Crippen molar-refractivity contribution in [2.75, 3.05) is 11.6 Å². The molecule has 0 spiro atoms. The molecule has 0 fully saturated rings. The van der Waals surface area contributed by atoms with Crippen LogP contribution < -0.4 is 5.32 Å². The number of aryl methyl sites for hydroxylation is 2. The number of carbonyl (C=O) groups is 1. The number of nitro groups is 1. The Hall–Kier alpha value is -2.34. The van der Waals surface area contributed by atoms with Crippen LogP contribution in [0.2, 0.25) is 0 Å². The third-order valence-corrected chi connectivity index (χ3v) is 4.73. The zero-order valence-corrected chi connectivity index (χ0v) is 13.5. The van der Waals surface area contributed by atoms with Gasteiger partial charge in [-0.05, 0) is 60.9 Å². The van der Waals surface area contributed by atoms with Crippen LogP contribution in [0.15, 0.2) is 41.3 Å². The Morgan fingerprint density at radius 2 is 1.96 bits per heavy atom.